The second-order valence-corrected chi connectivity index (χ2v) is 8.20. The first-order valence-corrected chi connectivity index (χ1v) is 12.0. The topological polar surface area (TPSA) is 35.5 Å². The van der Waals surface area contributed by atoms with E-state index in [1.807, 2.05) is 12.1 Å². The predicted octanol–water partition coefficient (Wildman–Crippen LogP) is 8.05. The second-order valence-electron chi connectivity index (χ2n) is 8.20. The first-order chi connectivity index (χ1) is 15.6. The second kappa shape index (κ2) is 14.6. The number of carbonyl (C=O) groups is 1. The molecule has 2 rings (SSSR count). The van der Waals surface area contributed by atoms with Crippen molar-refractivity contribution in [2.75, 3.05) is 6.61 Å². The van der Waals surface area contributed by atoms with Crippen LogP contribution in [0.2, 0.25) is 0 Å². The first-order valence-electron chi connectivity index (χ1n) is 12.0. The van der Waals surface area contributed by atoms with E-state index < -0.39 is 23.4 Å². The fourth-order valence-corrected chi connectivity index (χ4v) is 3.49. The third-order valence-electron chi connectivity index (χ3n) is 5.48. The van der Waals surface area contributed by atoms with Crippen LogP contribution in [0.1, 0.15) is 94.0 Å². The fraction of sp³-hybridized carbons (Fsp3) is 0.519. The minimum absolute atomic E-state index is 0.166. The number of hydrogen-bond acceptors (Lipinski definition) is 3. The zero-order valence-corrected chi connectivity index (χ0v) is 19.4. The number of unbranched alkanes of at least 4 members (excludes halogenated alkanes) is 8. The minimum atomic E-state index is -1.22. The highest BCUT2D eigenvalue weighted by Gasteiger charge is 2.19. The van der Waals surface area contributed by atoms with E-state index in [9.17, 15) is 13.6 Å². The zero-order valence-electron chi connectivity index (χ0n) is 19.4. The van der Waals surface area contributed by atoms with Crippen molar-refractivity contribution < 1.29 is 23.0 Å². The molecule has 32 heavy (non-hydrogen) atoms. The van der Waals surface area contributed by atoms with Crippen molar-refractivity contribution in [2.24, 2.45) is 0 Å². The Morgan fingerprint density at radius 3 is 1.94 bits per heavy atom. The molecule has 0 saturated heterocycles. The molecular weight excluding hydrogens is 410 g/mol. The van der Waals surface area contributed by atoms with Crippen molar-refractivity contribution in [1.29, 1.82) is 0 Å². The van der Waals surface area contributed by atoms with Crippen molar-refractivity contribution in [3.8, 4) is 11.5 Å². The Kier molecular flexibility index (Phi) is 11.8. The summed E-state index contributed by atoms with van der Waals surface area (Å²) >= 11 is 0. The van der Waals surface area contributed by atoms with Gasteiger partial charge in [0.2, 0.25) is 11.6 Å². The van der Waals surface area contributed by atoms with Gasteiger partial charge in [0.1, 0.15) is 0 Å². The number of rotatable bonds is 15. The van der Waals surface area contributed by atoms with Gasteiger partial charge in [0.25, 0.3) is 0 Å². The lowest BCUT2D eigenvalue weighted by molar-refractivity contribution is 0.0726. The van der Waals surface area contributed by atoms with Gasteiger partial charge in [-0.2, -0.15) is 8.78 Å². The van der Waals surface area contributed by atoms with E-state index in [4.69, 9.17) is 9.47 Å². The van der Waals surface area contributed by atoms with Crippen LogP contribution in [0, 0.1) is 11.6 Å². The lowest BCUT2D eigenvalue weighted by Crippen LogP contribution is -2.10. The normalized spacial score (nSPS) is 10.9. The molecule has 0 unspecified atom stereocenters. The molecule has 5 heteroatoms. The molecule has 0 N–H and O–H groups in total. The largest absolute Gasteiger partial charge is 0.490 e. The van der Waals surface area contributed by atoms with Gasteiger partial charge in [-0.15, -0.1) is 0 Å². The molecule has 0 atom stereocenters. The van der Waals surface area contributed by atoms with E-state index in [0.29, 0.717) is 12.2 Å². The van der Waals surface area contributed by atoms with Gasteiger partial charge in [0, 0.05) is 0 Å². The summed E-state index contributed by atoms with van der Waals surface area (Å²) in [7, 11) is 0. The summed E-state index contributed by atoms with van der Waals surface area (Å²) in [6.45, 7) is 4.65. The van der Waals surface area contributed by atoms with Crippen LogP contribution in [-0.4, -0.2) is 12.6 Å². The maximum Gasteiger partial charge on any atom is 0.343 e. The van der Waals surface area contributed by atoms with Crippen LogP contribution in [0.3, 0.4) is 0 Å². The summed E-state index contributed by atoms with van der Waals surface area (Å²) in [5.41, 5.74) is 1.44. The van der Waals surface area contributed by atoms with E-state index in [1.165, 1.54) is 37.8 Å². The van der Waals surface area contributed by atoms with Gasteiger partial charge < -0.3 is 9.47 Å². The maximum absolute atomic E-state index is 14.4. The fourth-order valence-electron chi connectivity index (χ4n) is 3.49. The van der Waals surface area contributed by atoms with Crippen LogP contribution in [0.4, 0.5) is 8.78 Å². The Hall–Kier alpha value is -2.43. The quantitative estimate of drug-likeness (QED) is 0.158. The Balaban J connectivity index is 1.86. The Morgan fingerprint density at radius 1 is 0.719 bits per heavy atom. The number of hydrogen-bond donors (Lipinski definition) is 0. The van der Waals surface area contributed by atoms with Gasteiger partial charge in [-0.1, -0.05) is 77.3 Å². The smallest absolute Gasteiger partial charge is 0.343 e. The van der Waals surface area contributed by atoms with Crippen molar-refractivity contribution in [1.82, 2.24) is 0 Å². The average molecular weight is 447 g/mol. The monoisotopic (exact) mass is 446 g/mol. The molecule has 2 aromatic rings. The number of carbonyl (C=O) groups excluding carboxylic acids is 1. The molecule has 0 fully saturated rings. The molecule has 0 aliphatic carbocycles. The van der Waals surface area contributed by atoms with E-state index >= 15 is 0 Å². The molecule has 0 radical (unpaired) electrons. The number of aryl methyl sites for hydroxylation is 1. The lowest BCUT2D eigenvalue weighted by Gasteiger charge is -2.11. The predicted molar refractivity (Wildman–Crippen MR) is 124 cm³/mol. The van der Waals surface area contributed by atoms with Gasteiger partial charge in [-0.25, -0.2) is 4.79 Å². The van der Waals surface area contributed by atoms with E-state index in [-0.39, 0.29) is 5.75 Å². The summed E-state index contributed by atoms with van der Waals surface area (Å²) in [4.78, 5) is 12.4. The van der Waals surface area contributed by atoms with E-state index in [1.54, 1.807) is 12.1 Å². The van der Waals surface area contributed by atoms with Gasteiger partial charge in [-0.3, -0.25) is 0 Å². The molecule has 0 heterocycles. The minimum Gasteiger partial charge on any atom is -0.490 e. The Labute approximate surface area is 191 Å². The van der Waals surface area contributed by atoms with E-state index in [2.05, 4.69) is 13.8 Å². The SMILES string of the molecule is CCCCCCCOc1ccc(OC(=O)c2ccc(CCCCCCC)cc2)c(F)c1F. The first kappa shape index (κ1) is 25.8. The van der Waals surface area contributed by atoms with Crippen molar-refractivity contribution in [3.63, 3.8) is 0 Å². The van der Waals surface area contributed by atoms with Crippen molar-refractivity contribution in [2.45, 2.75) is 84.5 Å². The summed E-state index contributed by atoms with van der Waals surface area (Å²) < 4.78 is 39.1. The Bertz CT molecular complexity index is 818. The lowest BCUT2D eigenvalue weighted by atomic mass is 10.0. The van der Waals surface area contributed by atoms with Crippen LogP contribution >= 0.6 is 0 Å². The molecule has 0 saturated carbocycles. The standard InChI is InChI=1S/C27H36F2O3/c1-3-5-7-9-11-13-21-14-16-22(17-15-21)27(30)32-24-19-18-23(25(28)26(24)29)31-20-12-10-8-6-4-2/h14-19H,3-13,20H2,1-2H3. The number of benzene rings is 2. The molecule has 0 amide bonds. The molecule has 3 nitrogen and oxygen atoms in total. The van der Waals surface area contributed by atoms with Crippen LogP contribution in [-0.2, 0) is 6.42 Å². The molecular formula is C27H36F2O3. The van der Waals surface area contributed by atoms with Gasteiger partial charge in [0.05, 0.1) is 12.2 Å². The third kappa shape index (κ3) is 8.60. The van der Waals surface area contributed by atoms with E-state index in [0.717, 1.165) is 50.5 Å². The molecule has 2 aromatic carbocycles. The van der Waals surface area contributed by atoms with Crippen molar-refractivity contribution in [3.05, 3.63) is 59.2 Å². The average Bonchev–Trinajstić information content (AvgIpc) is 2.80. The van der Waals surface area contributed by atoms with Crippen LogP contribution in [0.5, 0.6) is 11.5 Å². The molecule has 0 aliphatic heterocycles. The maximum atomic E-state index is 14.4. The molecule has 0 spiro atoms. The van der Waals surface area contributed by atoms with Gasteiger partial charge >= 0.3 is 5.97 Å². The summed E-state index contributed by atoms with van der Waals surface area (Å²) in [6, 6.07) is 9.61. The van der Waals surface area contributed by atoms with Crippen molar-refractivity contribution >= 4 is 5.97 Å². The summed E-state index contributed by atoms with van der Waals surface area (Å²) in [5.74, 6) is -3.68. The molecule has 0 aliphatic rings. The Morgan fingerprint density at radius 2 is 1.28 bits per heavy atom. The molecule has 0 aromatic heterocycles. The third-order valence-corrected chi connectivity index (χ3v) is 5.48. The number of ether oxygens (including phenoxy) is 2. The summed E-state index contributed by atoms with van der Waals surface area (Å²) in [5, 5.41) is 0. The van der Waals surface area contributed by atoms with Crippen LogP contribution < -0.4 is 9.47 Å². The highest BCUT2D eigenvalue weighted by molar-refractivity contribution is 5.91. The molecule has 176 valence electrons. The van der Waals surface area contributed by atoms with Gasteiger partial charge in [0.15, 0.2) is 11.5 Å². The van der Waals surface area contributed by atoms with Crippen LogP contribution in [0.25, 0.3) is 0 Å². The highest BCUT2D eigenvalue weighted by Crippen LogP contribution is 2.28. The number of halogens is 2. The summed E-state index contributed by atoms with van der Waals surface area (Å²) in [6.07, 6.45) is 12.2. The molecule has 0 bridgehead atoms. The number of esters is 1. The highest BCUT2D eigenvalue weighted by atomic mass is 19.2. The van der Waals surface area contributed by atoms with Crippen LogP contribution in [0.15, 0.2) is 36.4 Å². The zero-order chi connectivity index (χ0) is 23.2. The van der Waals surface area contributed by atoms with Gasteiger partial charge in [-0.05, 0) is 49.1 Å².